The van der Waals surface area contributed by atoms with Gasteiger partial charge in [0.15, 0.2) is 0 Å². The number of rotatable bonds is 3. The average Bonchev–Trinajstić information content (AvgIpc) is 2.65. The summed E-state index contributed by atoms with van der Waals surface area (Å²) in [6.45, 7) is 6.13. The second kappa shape index (κ2) is 5.43. The van der Waals surface area contributed by atoms with E-state index in [-0.39, 0.29) is 0 Å². The Balaban J connectivity index is 1.97. The van der Waals surface area contributed by atoms with Gasteiger partial charge in [0.25, 0.3) is 0 Å². The molecule has 0 N–H and O–H groups in total. The van der Waals surface area contributed by atoms with Gasteiger partial charge < -0.3 is 4.74 Å². The Morgan fingerprint density at radius 3 is 3.20 bits per heavy atom. The summed E-state index contributed by atoms with van der Waals surface area (Å²) in [6, 6.07) is 2.81. The Hall–Kier alpha value is 0.1000. The molecule has 0 spiro atoms. The zero-order valence-electron chi connectivity index (χ0n) is 8.91. The monoisotopic (exact) mass is 289 g/mol. The molecule has 15 heavy (non-hydrogen) atoms. The van der Waals surface area contributed by atoms with Crippen molar-refractivity contribution in [3.8, 4) is 0 Å². The molecule has 1 aliphatic rings. The van der Waals surface area contributed by atoms with Crippen molar-refractivity contribution in [1.29, 1.82) is 0 Å². The largest absolute Gasteiger partial charge is 0.378 e. The first kappa shape index (κ1) is 11.6. The van der Waals surface area contributed by atoms with E-state index in [0.717, 1.165) is 26.3 Å². The van der Waals surface area contributed by atoms with Crippen LogP contribution in [0.5, 0.6) is 0 Å². The zero-order valence-corrected chi connectivity index (χ0v) is 11.3. The van der Waals surface area contributed by atoms with Crippen LogP contribution in [0.25, 0.3) is 0 Å². The van der Waals surface area contributed by atoms with E-state index in [9.17, 15) is 0 Å². The molecule has 84 valence electrons. The summed E-state index contributed by atoms with van der Waals surface area (Å²) >= 11 is 5.32. The number of thiophene rings is 1. The van der Waals surface area contributed by atoms with E-state index >= 15 is 0 Å². The second-order valence-electron chi connectivity index (χ2n) is 3.84. The minimum absolute atomic E-state index is 0.597. The number of hydrogen-bond acceptors (Lipinski definition) is 3. The topological polar surface area (TPSA) is 12.5 Å². The summed E-state index contributed by atoms with van der Waals surface area (Å²) in [6.07, 6.45) is 1.17. The van der Waals surface area contributed by atoms with Crippen molar-refractivity contribution in [2.75, 3.05) is 19.8 Å². The average molecular weight is 290 g/mol. The van der Waals surface area contributed by atoms with E-state index in [1.165, 1.54) is 15.8 Å². The third kappa shape index (κ3) is 3.03. The first-order valence-electron chi connectivity index (χ1n) is 5.34. The van der Waals surface area contributed by atoms with Gasteiger partial charge in [0, 0.05) is 33.9 Å². The van der Waals surface area contributed by atoms with Crippen LogP contribution in [0.15, 0.2) is 15.9 Å². The lowest BCUT2D eigenvalue weighted by molar-refractivity contribution is -0.0122. The van der Waals surface area contributed by atoms with Gasteiger partial charge in [0.1, 0.15) is 0 Å². The molecule has 1 aromatic heterocycles. The van der Waals surface area contributed by atoms with Crippen molar-refractivity contribution < 1.29 is 4.74 Å². The molecule has 2 rings (SSSR count). The standard InChI is InChI=1S/C11H16BrNOS/c1-2-10-7-14-4-3-13(10)6-11-5-9(12)8-15-11/h5,8,10H,2-4,6-7H2,1H3. The molecule has 4 heteroatoms. The molecule has 0 radical (unpaired) electrons. The Morgan fingerprint density at radius 1 is 1.67 bits per heavy atom. The highest BCUT2D eigenvalue weighted by Crippen LogP contribution is 2.23. The molecule has 0 aliphatic carbocycles. The van der Waals surface area contributed by atoms with E-state index in [1.54, 1.807) is 0 Å². The third-order valence-electron chi connectivity index (χ3n) is 2.80. The predicted molar refractivity (Wildman–Crippen MR) is 67.3 cm³/mol. The van der Waals surface area contributed by atoms with Gasteiger partial charge in [-0.05, 0) is 28.4 Å². The summed E-state index contributed by atoms with van der Waals surface area (Å²) < 4.78 is 6.70. The summed E-state index contributed by atoms with van der Waals surface area (Å²) in [7, 11) is 0. The summed E-state index contributed by atoms with van der Waals surface area (Å²) in [5.41, 5.74) is 0. The fourth-order valence-corrected chi connectivity index (χ4v) is 3.39. The van der Waals surface area contributed by atoms with E-state index in [1.807, 2.05) is 11.3 Å². The second-order valence-corrected chi connectivity index (χ2v) is 5.75. The van der Waals surface area contributed by atoms with Gasteiger partial charge in [-0.2, -0.15) is 0 Å². The first-order valence-corrected chi connectivity index (χ1v) is 7.01. The van der Waals surface area contributed by atoms with Gasteiger partial charge >= 0.3 is 0 Å². The SMILES string of the molecule is CCC1COCCN1Cc1cc(Br)cs1. The molecule has 2 nitrogen and oxygen atoms in total. The Bertz CT molecular complexity index is 315. The maximum absolute atomic E-state index is 5.50. The Morgan fingerprint density at radius 2 is 2.53 bits per heavy atom. The molecule has 1 saturated heterocycles. The lowest BCUT2D eigenvalue weighted by atomic mass is 10.2. The van der Waals surface area contributed by atoms with Crippen molar-refractivity contribution in [3.63, 3.8) is 0 Å². The molecule has 2 heterocycles. The van der Waals surface area contributed by atoms with Crippen LogP contribution in [-0.4, -0.2) is 30.7 Å². The Labute approximate surface area is 103 Å². The molecule has 1 fully saturated rings. The lowest BCUT2D eigenvalue weighted by Gasteiger charge is -2.34. The lowest BCUT2D eigenvalue weighted by Crippen LogP contribution is -2.44. The molecule has 0 aromatic carbocycles. The molecule has 1 unspecified atom stereocenters. The van der Waals surface area contributed by atoms with Gasteiger partial charge in [-0.25, -0.2) is 0 Å². The Kier molecular flexibility index (Phi) is 4.20. The summed E-state index contributed by atoms with van der Waals surface area (Å²) in [5.74, 6) is 0. The van der Waals surface area contributed by atoms with Crippen LogP contribution in [0.4, 0.5) is 0 Å². The third-order valence-corrected chi connectivity index (χ3v) is 4.48. The maximum atomic E-state index is 5.50. The van der Waals surface area contributed by atoms with Gasteiger partial charge in [-0.1, -0.05) is 6.92 Å². The number of morpholine rings is 1. The molecule has 1 aliphatic heterocycles. The van der Waals surface area contributed by atoms with Gasteiger partial charge in [-0.3, -0.25) is 4.90 Å². The van der Waals surface area contributed by atoms with Crippen LogP contribution >= 0.6 is 27.3 Å². The van der Waals surface area contributed by atoms with Gasteiger partial charge in [-0.15, -0.1) is 11.3 Å². The highest BCUT2D eigenvalue weighted by Gasteiger charge is 2.21. The van der Waals surface area contributed by atoms with Gasteiger partial charge in [0.05, 0.1) is 13.2 Å². The molecule has 0 saturated carbocycles. The fourth-order valence-electron chi connectivity index (χ4n) is 1.91. The number of nitrogens with zero attached hydrogens (tertiary/aromatic N) is 1. The van der Waals surface area contributed by atoms with E-state index < -0.39 is 0 Å². The number of halogens is 1. The molecule has 1 aromatic rings. The van der Waals surface area contributed by atoms with Crippen LogP contribution in [0.3, 0.4) is 0 Å². The van der Waals surface area contributed by atoms with E-state index in [2.05, 4.69) is 39.2 Å². The fraction of sp³-hybridized carbons (Fsp3) is 0.636. The van der Waals surface area contributed by atoms with Crippen LogP contribution in [0, 0.1) is 0 Å². The highest BCUT2D eigenvalue weighted by atomic mass is 79.9. The highest BCUT2D eigenvalue weighted by molar-refractivity contribution is 9.10. The minimum atomic E-state index is 0.597. The summed E-state index contributed by atoms with van der Waals surface area (Å²) in [5, 5.41) is 2.15. The molecule has 1 atom stereocenters. The van der Waals surface area contributed by atoms with Crippen LogP contribution in [-0.2, 0) is 11.3 Å². The van der Waals surface area contributed by atoms with Crippen molar-refractivity contribution in [1.82, 2.24) is 4.90 Å². The van der Waals surface area contributed by atoms with E-state index in [0.29, 0.717) is 6.04 Å². The molecule has 0 bridgehead atoms. The van der Waals surface area contributed by atoms with Crippen LogP contribution < -0.4 is 0 Å². The van der Waals surface area contributed by atoms with Crippen molar-refractivity contribution >= 4 is 27.3 Å². The smallest absolute Gasteiger partial charge is 0.0622 e. The van der Waals surface area contributed by atoms with Crippen molar-refractivity contribution in [2.24, 2.45) is 0 Å². The minimum Gasteiger partial charge on any atom is -0.378 e. The van der Waals surface area contributed by atoms with E-state index in [4.69, 9.17) is 4.74 Å². The molecular formula is C11H16BrNOS. The quantitative estimate of drug-likeness (QED) is 0.848. The normalized spacial score (nSPS) is 23.2. The van der Waals surface area contributed by atoms with Crippen molar-refractivity contribution in [3.05, 3.63) is 20.8 Å². The van der Waals surface area contributed by atoms with Gasteiger partial charge in [0.2, 0.25) is 0 Å². The van der Waals surface area contributed by atoms with Crippen LogP contribution in [0.2, 0.25) is 0 Å². The van der Waals surface area contributed by atoms with Crippen LogP contribution in [0.1, 0.15) is 18.2 Å². The summed E-state index contributed by atoms with van der Waals surface area (Å²) in [4.78, 5) is 3.96. The number of hydrogen-bond donors (Lipinski definition) is 0. The molecule has 0 amide bonds. The number of ether oxygens (including phenoxy) is 1. The maximum Gasteiger partial charge on any atom is 0.0622 e. The zero-order chi connectivity index (χ0) is 10.7. The first-order chi connectivity index (χ1) is 7.29. The van der Waals surface area contributed by atoms with Crippen molar-refractivity contribution in [2.45, 2.75) is 25.9 Å². The molecular weight excluding hydrogens is 274 g/mol. The predicted octanol–water partition coefficient (Wildman–Crippen LogP) is 3.12.